The van der Waals surface area contributed by atoms with Gasteiger partial charge in [-0.3, -0.25) is 5.32 Å². The Morgan fingerprint density at radius 3 is 2.86 bits per heavy atom. The molecule has 7 heteroatoms. The second-order valence-corrected chi connectivity index (χ2v) is 5.58. The highest BCUT2D eigenvalue weighted by atomic mass is 32.1. The Morgan fingerprint density at radius 1 is 1.33 bits per heavy atom. The van der Waals surface area contributed by atoms with Crippen molar-refractivity contribution in [2.24, 2.45) is 0 Å². The Labute approximate surface area is 126 Å². The van der Waals surface area contributed by atoms with Crippen LogP contribution in [0.3, 0.4) is 0 Å². The second-order valence-electron chi connectivity index (χ2n) is 4.72. The Morgan fingerprint density at radius 2 is 2.10 bits per heavy atom. The molecule has 0 unspecified atom stereocenters. The molecule has 1 aromatic carbocycles. The number of phenolic OH excluding ortho intramolecular Hbond substituents is 1. The summed E-state index contributed by atoms with van der Waals surface area (Å²) in [5, 5.41) is 18.2. The van der Waals surface area contributed by atoms with Gasteiger partial charge in [0.05, 0.1) is 5.69 Å². The van der Waals surface area contributed by atoms with Crippen LogP contribution >= 0.6 is 11.3 Å². The molecule has 2 aromatic rings. The van der Waals surface area contributed by atoms with E-state index in [1.165, 1.54) is 11.3 Å². The number of phenols is 1. The lowest BCUT2D eigenvalue weighted by atomic mass is 10.1. The molecule has 1 aliphatic heterocycles. The molecule has 0 spiro atoms. The lowest BCUT2D eigenvalue weighted by Crippen LogP contribution is -2.48. The number of aromatic nitrogens is 1. The van der Waals surface area contributed by atoms with Crippen molar-refractivity contribution in [3.05, 3.63) is 29.6 Å². The fraction of sp³-hybridized carbons (Fsp3) is 0.286. The van der Waals surface area contributed by atoms with E-state index in [4.69, 9.17) is 0 Å². The maximum Gasteiger partial charge on any atom is 0.323 e. The molecule has 0 saturated carbocycles. The van der Waals surface area contributed by atoms with Crippen LogP contribution in [0.5, 0.6) is 5.75 Å². The number of nitrogens with zero attached hydrogens (tertiary/aromatic N) is 2. The fourth-order valence-electron chi connectivity index (χ4n) is 2.18. The molecule has 0 atom stereocenters. The highest BCUT2D eigenvalue weighted by Gasteiger charge is 2.17. The summed E-state index contributed by atoms with van der Waals surface area (Å²) in [7, 11) is 0. The lowest BCUT2D eigenvalue weighted by Gasteiger charge is -2.26. The zero-order chi connectivity index (χ0) is 14.7. The van der Waals surface area contributed by atoms with Crippen LogP contribution in [0.25, 0.3) is 11.3 Å². The van der Waals surface area contributed by atoms with Crippen molar-refractivity contribution >= 4 is 22.5 Å². The number of hydrogen-bond donors (Lipinski definition) is 3. The molecule has 0 bridgehead atoms. The second kappa shape index (κ2) is 6.11. The SMILES string of the molecule is O=C(Nc1nc(-c2ccccc2O)cs1)N1CCNCC1. The maximum atomic E-state index is 12.1. The Hall–Kier alpha value is -2.12. The van der Waals surface area contributed by atoms with E-state index in [0.717, 1.165) is 13.1 Å². The molecule has 21 heavy (non-hydrogen) atoms. The monoisotopic (exact) mass is 304 g/mol. The van der Waals surface area contributed by atoms with Crippen molar-refractivity contribution in [1.29, 1.82) is 0 Å². The smallest absolute Gasteiger partial charge is 0.323 e. The number of urea groups is 1. The molecule has 2 amide bonds. The van der Waals surface area contributed by atoms with Gasteiger partial charge in [0.1, 0.15) is 5.75 Å². The lowest BCUT2D eigenvalue weighted by molar-refractivity contribution is 0.204. The molecular weight excluding hydrogens is 288 g/mol. The van der Waals surface area contributed by atoms with Crippen molar-refractivity contribution < 1.29 is 9.90 Å². The van der Waals surface area contributed by atoms with Gasteiger partial charge >= 0.3 is 6.03 Å². The predicted octanol–water partition coefficient (Wildman–Crippen LogP) is 1.95. The van der Waals surface area contributed by atoms with Gasteiger partial charge in [-0.05, 0) is 12.1 Å². The highest BCUT2D eigenvalue weighted by Crippen LogP contribution is 2.31. The Balaban J connectivity index is 1.70. The highest BCUT2D eigenvalue weighted by molar-refractivity contribution is 7.14. The summed E-state index contributed by atoms with van der Waals surface area (Å²) >= 11 is 1.35. The number of benzene rings is 1. The molecule has 1 aliphatic rings. The van der Waals surface area contributed by atoms with Crippen LogP contribution in [0, 0.1) is 0 Å². The van der Waals surface area contributed by atoms with Gasteiger partial charge in [0.15, 0.2) is 5.13 Å². The number of nitrogens with one attached hydrogen (secondary N) is 2. The van der Waals surface area contributed by atoms with Crippen molar-refractivity contribution in [2.45, 2.75) is 0 Å². The van der Waals surface area contributed by atoms with E-state index in [-0.39, 0.29) is 11.8 Å². The number of carbonyl (C=O) groups is 1. The average Bonchev–Trinajstić information content (AvgIpc) is 2.97. The first-order valence-electron chi connectivity index (χ1n) is 6.74. The van der Waals surface area contributed by atoms with Crippen LogP contribution in [-0.2, 0) is 0 Å². The zero-order valence-electron chi connectivity index (χ0n) is 11.4. The topological polar surface area (TPSA) is 77.5 Å². The van der Waals surface area contributed by atoms with E-state index < -0.39 is 0 Å². The van der Waals surface area contributed by atoms with Gasteiger partial charge in [-0.2, -0.15) is 0 Å². The summed E-state index contributed by atoms with van der Waals surface area (Å²) in [6.07, 6.45) is 0. The third-order valence-electron chi connectivity index (χ3n) is 3.30. The Bertz CT molecular complexity index is 637. The van der Waals surface area contributed by atoms with E-state index in [9.17, 15) is 9.90 Å². The van der Waals surface area contributed by atoms with Crippen LogP contribution in [0.15, 0.2) is 29.6 Å². The Kier molecular flexibility index (Phi) is 4.03. The van der Waals surface area contributed by atoms with E-state index in [2.05, 4.69) is 15.6 Å². The van der Waals surface area contributed by atoms with Gasteiger partial charge < -0.3 is 15.3 Å². The number of piperazine rings is 1. The fourth-order valence-corrected chi connectivity index (χ4v) is 2.88. The van der Waals surface area contributed by atoms with Crippen LogP contribution < -0.4 is 10.6 Å². The molecule has 6 nitrogen and oxygen atoms in total. The summed E-state index contributed by atoms with van der Waals surface area (Å²) in [5.74, 6) is 0.183. The molecule has 1 saturated heterocycles. The van der Waals surface area contributed by atoms with Gasteiger partial charge in [0.2, 0.25) is 0 Å². The van der Waals surface area contributed by atoms with Crippen LogP contribution in [0.1, 0.15) is 0 Å². The van der Waals surface area contributed by atoms with E-state index in [0.29, 0.717) is 29.5 Å². The summed E-state index contributed by atoms with van der Waals surface area (Å²) in [6.45, 7) is 3.02. The van der Waals surface area contributed by atoms with Crippen molar-refractivity contribution in [2.75, 3.05) is 31.5 Å². The molecule has 1 aromatic heterocycles. The van der Waals surface area contributed by atoms with Gasteiger partial charge in [-0.25, -0.2) is 9.78 Å². The number of anilines is 1. The molecule has 2 heterocycles. The number of carbonyl (C=O) groups excluding carboxylic acids is 1. The summed E-state index contributed by atoms with van der Waals surface area (Å²) in [6, 6.07) is 6.89. The van der Waals surface area contributed by atoms with Crippen LogP contribution in [0.4, 0.5) is 9.93 Å². The molecule has 0 aliphatic carbocycles. The zero-order valence-corrected chi connectivity index (χ0v) is 12.2. The minimum absolute atomic E-state index is 0.130. The van der Waals surface area contributed by atoms with Gasteiger partial charge in [0.25, 0.3) is 0 Å². The van der Waals surface area contributed by atoms with E-state index in [1.54, 1.807) is 23.1 Å². The molecule has 3 rings (SSSR count). The molecule has 0 radical (unpaired) electrons. The minimum atomic E-state index is -0.130. The average molecular weight is 304 g/mol. The normalized spacial score (nSPS) is 15.0. The summed E-state index contributed by atoms with van der Waals surface area (Å²) in [4.78, 5) is 18.2. The number of rotatable bonds is 2. The molecule has 110 valence electrons. The first kappa shape index (κ1) is 13.8. The van der Waals surface area contributed by atoms with E-state index >= 15 is 0 Å². The number of aromatic hydroxyl groups is 1. The first-order chi connectivity index (χ1) is 10.2. The predicted molar refractivity (Wildman–Crippen MR) is 82.7 cm³/mol. The third-order valence-corrected chi connectivity index (χ3v) is 4.06. The molecular formula is C14H16N4O2S. The van der Waals surface area contributed by atoms with Gasteiger partial charge in [-0.15, -0.1) is 11.3 Å². The number of thiazole rings is 1. The molecule has 1 fully saturated rings. The molecule has 3 N–H and O–H groups in total. The van der Waals surface area contributed by atoms with E-state index in [1.807, 2.05) is 11.4 Å². The summed E-state index contributed by atoms with van der Waals surface area (Å²) in [5.41, 5.74) is 1.32. The van der Waals surface area contributed by atoms with Crippen molar-refractivity contribution in [3.8, 4) is 17.0 Å². The first-order valence-corrected chi connectivity index (χ1v) is 7.62. The van der Waals surface area contributed by atoms with Crippen LogP contribution in [-0.4, -0.2) is 47.2 Å². The number of amides is 2. The standard InChI is InChI=1S/C14H16N4O2S/c19-12-4-2-1-3-10(12)11-9-21-13(16-11)17-14(20)18-7-5-15-6-8-18/h1-4,9,15,19H,5-8H2,(H,16,17,20). The summed E-state index contributed by atoms with van der Waals surface area (Å²) < 4.78 is 0. The number of para-hydroxylation sites is 1. The number of hydrogen-bond acceptors (Lipinski definition) is 5. The van der Waals surface area contributed by atoms with Crippen molar-refractivity contribution in [3.63, 3.8) is 0 Å². The largest absolute Gasteiger partial charge is 0.507 e. The van der Waals surface area contributed by atoms with Gasteiger partial charge in [-0.1, -0.05) is 12.1 Å². The minimum Gasteiger partial charge on any atom is -0.507 e. The van der Waals surface area contributed by atoms with Gasteiger partial charge in [0, 0.05) is 37.1 Å². The quantitative estimate of drug-likeness (QED) is 0.792. The maximum absolute atomic E-state index is 12.1. The van der Waals surface area contributed by atoms with Crippen molar-refractivity contribution in [1.82, 2.24) is 15.2 Å². The van der Waals surface area contributed by atoms with Crippen LogP contribution in [0.2, 0.25) is 0 Å². The third kappa shape index (κ3) is 3.14.